The van der Waals surface area contributed by atoms with Gasteiger partial charge < -0.3 is 4.98 Å². The molecule has 0 aliphatic heterocycles. The van der Waals surface area contributed by atoms with Gasteiger partial charge in [-0.05, 0) is 26.0 Å². The minimum absolute atomic E-state index is 0.131. The fraction of sp³-hybridized carbons (Fsp3) is 0.143. The summed E-state index contributed by atoms with van der Waals surface area (Å²) in [5, 5.41) is 15.9. The fourth-order valence-corrected chi connectivity index (χ4v) is 2.47. The molecule has 0 aliphatic carbocycles. The predicted molar refractivity (Wildman–Crippen MR) is 77.8 cm³/mol. The molecular formula is C14H12N4O3. The molecule has 0 radical (unpaired) electrons. The first-order valence-electron chi connectivity index (χ1n) is 6.32. The van der Waals surface area contributed by atoms with Crippen molar-refractivity contribution in [2.45, 2.75) is 13.8 Å². The molecule has 0 aliphatic rings. The largest absolute Gasteiger partial charge is 0.320 e. The summed E-state index contributed by atoms with van der Waals surface area (Å²) in [6.07, 6.45) is 0. The van der Waals surface area contributed by atoms with Crippen molar-refractivity contribution in [3.63, 3.8) is 0 Å². The maximum Gasteiger partial charge on any atom is 0.314 e. The quantitative estimate of drug-likeness (QED) is 0.576. The van der Waals surface area contributed by atoms with Gasteiger partial charge in [0.15, 0.2) is 5.52 Å². The van der Waals surface area contributed by atoms with E-state index in [-0.39, 0.29) is 27.8 Å². The van der Waals surface area contributed by atoms with Crippen LogP contribution < -0.4 is 5.56 Å². The standard InChI is InChI=1S/C14H12N4O3/c1-8-11-13(12(18(20)21)9(2)15-14(11)19)17(16-8)10-6-4-3-5-7-10/h3-7H,1-2H3,(H,15,19). The van der Waals surface area contributed by atoms with E-state index >= 15 is 0 Å². The van der Waals surface area contributed by atoms with Gasteiger partial charge in [0.05, 0.1) is 27.4 Å². The summed E-state index contributed by atoms with van der Waals surface area (Å²) in [6.45, 7) is 3.17. The Balaban J connectivity index is 2.53. The van der Waals surface area contributed by atoms with Gasteiger partial charge in [-0.15, -0.1) is 0 Å². The first kappa shape index (κ1) is 13.0. The molecule has 3 rings (SSSR count). The van der Waals surface area contributed by atoms with E-state index in [0.717, 1.165) is 0 Å². The van der Waals surface area contributed by atoms with Gasteiger partial charge in [-0.3, -0.25) is 14.9 Å². The van der Waals surface area contributed by atoms with E-state index in [4.69, 9.17) is 0 Å². The van der Waals surface area contributed by atoms with Gasteiger partial charge in [0.2, 0.25) is 0 Å². The highest BCUT2D eigenvalue weighted by molar-refractivity contribution is 5.90. The van der Waals surface area contributed by atoms with E-state index < -0.39 is 4.92 Å². The Morgan fingerprint density at radius 3 is 2.52 bits per heavy atom. The van der Waals surface area contributed by atoms with Gasteiger partial charge in [-0.2, -0.15) is 5.10 Å². The second-order valence-corrected chi connectivity index (χ2v) is 4.74. The summed E-state index contributed by atoms with van der Waals surface area (Å²) in [5.41, 5.74) is 1.07. The number of nitrogens with zero attached hydrogens (tertiary/aromatic N) is 3. The molecule has 2 heterocycles. The van der Waals surface area contributed by atoms with E-state index in [1.807, 2.05) is 18.2 Å². The molecule has 3 aromatic rings. The molecule has 2 aromatic heterocycles. The van der Waals surface area contributed by atoms with E-state index in [2.05, 4.69) is 10.1 Å². The number of nitro groups is 1. The number of aromatic amines is 1. The predicted octanol–water partition coefficient (Wildman–Crippen LogP) is 2.24. The molecule has 0 amide bonds. The van der Waals surface area contributed by atoms with Crippen molar-refractivity contribution >= 4 is 16.6 Å². The van der Waals surface area contributed by atoms with Gasteiger partial charge in [0, 0.05) is 0 Å². The fourth-order valence-electron chi connectivity index (χ4n) is 2.47. The zero-order valence-electron chi connectivity index (χ0n) is 11.5. The maximum atomic E-state index is 12.1. The summed E-state index contributed by atoms with van der Waals surface area (Å²) < 4.78 is 1.45. The topological polar surface area (TPSA) is 93.8 Å². The van der Waals surface area contributed by atoms with Crippen LogP contribution in [0, 0.1) is 24.0 Å². The van der Waals surface area contributed by atoms with Crippen molar-refractivity contribution in [3.05, 3.63) is 62.2 Å². The summed E-state index contributed by atoms with van der Waals surface area (Å²) >= 11 is 0. The Hall–Kier alpha value is -2.96. The molecular weight excluding hydrogens is 272 g/mol. The molecule has 0 fully saturated rings. The van der Waals surface area contributed by atoms with Gasteiger partial charge in [-0.25, -0.2) is 4.68 Å². The smallest absolute Gasteiger partial charge is 0.314 e. The Morgan fingerprint density at radius 1 is 1.24 bits per heavy atom. The van der Waals surface area contributed by atoms with Crippen LogP contribution in [0.3, 0.4) is 0 Å². The molecule has 21 heavy (non-hydrogen) atoms. The molecule has 7 heteroatoms. The third kappa shape index (κ3) is 1.90. The van der Waals surface area contributed by atoms with Crippen LogP contribution in [0.5, 0.6) is 0 Å². The van der Waals surface area contributed by atoms with Crippen molar-refractivity contribution in [3.8, 4) is 5.69 Å². The Labute approximate surface area is 119 Å². The van der Waals surface area contributed by atoms with E-state index in [1.54, 1.807) is 19.1 Å². The summed E-state index contributed by atoms with van der Waals surface area (Å²) in [4.78, 5) is 25.5. The summed E-state index contributed by atoms with van der Waals surface area (Å²) in [6, 6.07) is 9.03. The molecule has 0 bridgehead atoms. The van der Waals surface area contributed by atoms with Crippen LogP contribution in [0.25, 0.3) is 16.6 Å². The lowest BCUT2D eigenvalue weighted by molar-refractivity contribution is -0.384. The van der Waals surface area contributed by atoms with Crippen molar-refractivity contribution in [2.75, 3.05) is 0 Å². The van der Waals surface area contributed by atoms with E-state index in [0.29, 0.717) is 11.4 Å². The van der Waals surface area contributed by atoms with Crippen molar-refractivity contribution in [1.29, 1.82) is 0 Å². The van der Waals surface area contributed by atoms with Gasteiger partial charge in [0.25, 0.3) is 5.56 Å². The van der Waals surface area contributed by atoms with Crippen molar-refractivity contribution in [2.24, 2.45) is 0 Å². The number of hydrogen-bond donors (Lipinski definition) is 1. The van der Waals surface area contributed by atoms with Gasteiger partial charge in [-0.1, -0.05) is 18.2 Å². The lowest BCUT2D eigenvalue weighted by atomic mass is 10.2. The lowest BCUT2D eigenvalue weighted by Gasteiger charge is -2.04. The van der Waals surface area contributed by atoms with Gasteiger partial charge >= 0.3 is 5.69 Å². The number of nitrogens with one attached hydrogen (secondary N) is 1. The average molecular weight is 284 g/mol. The molecule has 0 saturated heterocycles. The molecule has 1 N–H and O–H groups in total. The van der Waals surface area contributed by atoms with Crippen LogP contribution in [-0.4, -0.2) is 19.7 Å². The van der Waals surface area contributed by atoms with Gasteiger partial charge in [0.1, 0.15) is 0 Å². The number of aromatic nitrogens is 3. The molecule has 0 unspecified atom stereocenters. The van der Waals surface area contributed by atoms with Crippen LogP contribution in [0.2, 0.25) is 0 Å². The first-order chi connectivity index (χ1) is 10.0. The highest BCUT2D eigenvalue weighted by Gasteiger charge is 2.25. The number of pyridine rings is 1. The van der Waals surface area contributed by atoms with Crippen molar-refractivity contribution in [1.82, 2.24) is 14.8 Å². The summed E-state index contributed by atoms with van der Waals surface area (Å²) in [7, 11) is 0. The SMILES string of the molecule is Cc1[nH]c(=O)c2c(C)nn(-c3ccccc3)c2c1[N+](=O)[O-]. The molecule has 0 saturated carbocycles. The lowest BCUT2D eigenvalue weighted by Crippen LogP contribution is -2.11. The minimum atomic E-state index is -0.492. The number of fused-ring (bicyclic) bond motifs is 1. The van der Waals surface area contributed by atoms with Crippen LogP contribution in [0.4, 0.5) is 5.69 Å². The molecule has 7 nitrogen and oxygen atoms in total. The van der Waals surface area contributed by atoms with Crippen LogP contribution in [-0.2, 0) is 0 Å². The number of H-pyrrole nitrogens is 1. The number of aryl methyl sites for hydroxylation is 2. The highest BCUT2D eigenvalue weighted by Crippen LogP contribution is 2.29. The Morgan fingerprint density at radius 2 is 1.90 bits per heavy atom. The highest BCUT2D eigenvalue weighted by atomic mass is 16.6. The summed E-state index contributed by atoms with van der Waals surface area (Å²) in [5.74, 6) is 0. The van der Waals surface area contributed by atoms with Crippen LogP contribution >= 0.6 is 0 Å². The van der Waals surface area contributed by atoms with Crippen molar-refractivity contribution < 1.29 is 4.92 Å². The molecule has 1 aromatic carbocycles. The maximum absolute atomic E-state index is 12.1. The van der Waals surface area contributed by atoms with Crippen LogP contribution in [0.15, 0.2) is 35.1 Å². The van der Waals surface area contributed by atoms with E-state index in [9.17, 15) is 14.9 Å². The second kappa shape index (κ2) is 4.55. The normalized spacial score (nSPS) is 11.0. The minimum Gasteiger partial charge on any atom is -0.320 e. The van der Waals surface area contributed by atoms with E-state index in [1.165, 1.54) is 11.6 Å². The third-order valence-electron chi connectivity index (χ3n) is 3.35. The first-order valence-corrected chi connectivity index (χ1v) is 6.32. The number of rotatable bonds is 2. The zero-order valence-corrected chi connectivity index (χ0v) is 11.5. The Bertz CT molecular complexity index is 909. The number of benzene rings is 1. The monoisotopic (exact) mass is 284 g/mol. The third-order valence-corrected chi connectivity index (χ3v) is 3.35. The average Bonchev–Trinajstić information content (AvgIpc) is 2.77. The zero-order chi connectivity index (χ0) is 15.1. The molecule has 0 atom stereocenters. The Kier molecular flexibility index (Phi) is 2.83. The molecule has 0 spiro atoms. The number of hydrogen-bond acceptors (Lipinski definition) is 4. The van der Waals surface area contributed by atoms with Crippen LogP contribution in [0.1, 0.15) is 11.4 Å². The molecule has 106 valence electrons. The second-order valence-electron chi connectivity index (χ2n) is 4.74. The number of para-hydroxylation sites is 1.